The molecule has 5 heteroatoms. The maximum Gasteiger partial charge on any atom is 0.269 e. The number of carbonyl (C=O) groups is 1. The molecule has 2 aromatic rings. The van der Waals surface area contributed by atoms with Gasteiger partial charge in [-0.15, -0.1) is 0 Å². The van der Waals surface area contributed by atoms with Gasteiger partial charge in [-0.2, -0.15) is 5.10 Å². The van der Waals surface area contributed by atoms with E-state index in [1.54, 1.807) is 16.9 Å². The van der Waals surface area contributed by atoms with Gasteiger partial charge in [-0.3, -0.25) is 9.48 Å². The van der Waals surface area contributed by atoms with Gasteiger partial charge in [0.25, 0.3) is 5.91 Å². The number of nitrogens with one attached hydrogen (secondary N) is 1. The van der Waals surface area contributed by atoms with Gasteiger partial charge >= 0.3 is 0 Å². The summed E-state index contributed by atoms with van der Waals surface area (Å²) in [6, 6.07) is 9.54. The first-order chi connectivity index (χ1) is 11.0. The van der Waals surface area contributed by atoms with E-state index < -0.39 is 6.10 Å². The number of aryl methyl sites for hydroxylation is 1. The summed E-state index contributed by atoms with van der Waals surface area (Å²) < 4.78 is 1.68. The number of hydrogen-bond donors (Lipinski definition) is 2. The second-order valence-corrected chi connectivity index (χ2v) is 5.99. The molecule has 1 unspecified atom stereocenters. The number of aliphatic hydroxyl groups excluding tert-OH is 1. The van der Waals surface area contributed by atoms with Crippen molar-refractivity contribution in [2.45, 2.75) is 45.8 Å². The molecule has 124 valence electrons. The number of hydrogen-bond acceptors (Lipinski definition) is 3. The van der Waals surface area contributed by atoms with Crippen molar-refractivity contribution in [1.82, 2.24) is 15.1 Å². The summed E-state index contributed by atoms with van der Waals surface area (Å²) in [5.74, 6) is 0.244. The molecule has 0 saturated heterocycles. The lowest BCUT2D eigenvalue weighted by atomic mass is 10.00. The quantitative estimate of drug-likeness (QED) is 0.825. The normalized spacial score (nSPS) is 12.4. The summed E-state index contributed by atoms with van der Waals surface area (Å²) in [7, 11) is 0. The first-order valence-corrected chi connectivity index (χ1v) is 8.10. The van der Waals surface area contributed by atoms with Crippen LogP contribution in [0.2, 0.25) is 0 Å². The molecule has 5 nitrogen and oxygen atoms in total. The fraction of sp³-hybridized carbons (Fsp3) is 0.444. The Bertz CT molecular complexity index is 632. The van der Waals surface area contributed by atoms with Crippen molar-refractivity contribution in [3.8, 4) is 0 Å². The van der Waals surface area contributed by atoms with Crippen LogP contribution in [0.4, 0.5) is 0 Å². The average molecular weight is 315 g/mol. The van der Waals surface area contributed by atoms with E-state index >= 15 is 0 Å². The molecule has 23 heavy (non-hydrogen) atoms. The zero-order chi connectivity index (χ0) is 16.8. The first kappa shape index (κ1) is 17.2. The second kappa shape index (κ2) is 7.92. The van der Waals surface area contributed by atoms with Crippen molar-refractivity contribution < 1.29 is 9.90 Å². The Morgan fingerprint density at radius 1 is 1.22 bits per heavy atom. The van der Waals surface area contributed by atoms with Gasteiger partial charge < -0.3 is 10.4 Å². The summed E-state index contributed by atoms with van der Waals surface area (Å²) in [6.07, 6.45) is 1.81. The third kappa shape index (κ3) is 4.42. The van der Waals surface area contributed by atoms with Crippen LogP contribution in [0.3, 0.4) is 0 Å². The highest BCUT2D eigenvalue weighted by Crippen LogP contribution is 2.18. The minimum Gasteiger partial charge on any atom is -0.387 e. The van der Waals surface area contributed by atoms with Gasteiger partial charge in [0.05, 0.1) is 6.10 Å². The van der Waals surface area contributed by atoms with Gasteiger partial charge in [-0.1, -0.05) is 45.0 Å². The Labute approximate surface area is 137 Å². The molecular weight excluding hydrogens is 290 g/mol. The van der Waals surface area contributed by atoms with Crippen LogP contribution in [-0.2, 0) is 6.54 Å². The summed E-state index contributed by atoms with van der Waals surface area (Å²) in [6.45, 7) is 7.18. The van der Waals surface area contributed by atoms with Crippen molar-refractivity contribution >= 4 is 5.91 Å². The van der Waals surface area contributed by atoms with Crippen LogP contribution in [-0.4, -0.2) is 27.3 Å². The molecule has 0 radical (unpaired) electrons. The predicted octanol–water partition coefficient (Wildman–Crippen LogP) is 2.88. The molecular formula is C18H25N3O2. The molecule has 0 aliphatic carbocycles. The van der Waals surface area contributed by atoms with E-state index in [-0.39, 0.29) is 12.5 Å². The molecule has 0 saturated carbocycles. The van der Waals surface area contributed by atoms with Crippen molar-refractivity contribution in [3.05, 3.63) is 53.3 Å². The number of aromatic nitrogens is 2. The molecule has 0 aliphatic heterocycles. The third-order valence-corrected chi connectivity index (χ3v) is 3.83. The van der Waals surface area contributed by atoms with Crippen molar-refractivity contribution in [2.24, 2.45) is 0 Å². The maximum atomic E-state index is 12.2. The molecule has 1 amide bonds. The minimum absolute atomic E-state index is 0.178. The zero-order valence-corrected chi connectivity index (χ0v) is 14.0. The molecule has 2 N–H and O–H groups in total. The van der Waals surface area contributed by atoms with E-state index in [1.165, 1.54) is 5.56 Å². The zero-order valence-electron chi connectivity index (χ0n) is 14.0. The van der Waals surface area contributed by atoms with Gasteiger partial charge in [0.15, 0.2) is 0 Å². The van der Waals surface area contributed by atoms with Crippen LogP contribution in [0.1, 0.15) is 60.8 Å². The predicted molar refractivity (Wildman–Crippen MR) is 90.3 cm³/mol. The monoisotopic (exact) mass is 315 g/mol. The van der Waals surface area contributed by atoms with E-state index in [4.69, 9.17) is 0 Å². The number of benzene rings is 1. The molecule has 0 bridgehead atoms. The standard InChI is InChI=1S/C18H25N3O2/c1-4-11-21-16(9-10-20-21)18(23)19-12-17(22)15-7-5-14(6-8-15)13(2)3/h5-10,13,17,22H,4,11-12H2,1-3H3,(H,19,23). The van der Waals surface area contributed by atoms with Crippen molar-refractivity contribution in [3.63, 3.8) is 0 Å². The maximum absolute atomic E-state index is 12.2. The smallest absolute Gasteiger partial charge is 0.269 e. The summed E-state index contributed by atoms with van der Waals surface area (Å²) in [5, 5.41) is 17.1. The number of carbonyl (C=O) groups excluding carboxylic acids is 1. The third-order valence-electron chi connectivity index (χ3n) is 3.83. The Morgan fingerprint density at radius 2 is 1.87 bits per heavy atom. The van der Waals surface area contributed by atoms with E-state index in [9.17, 15) is 9.90 Å². The van der Waals surface area contributed by atoms with E-state index in [0.717, 1.165) is 12.0 Å². The summed E-state index contributed by atoms with van der Waals surface area (Å²) in [5.41, 5.74) is 2.56. The van der Waals surface area contributed by atoms with Crippen LogP contribution in [0.25, 0.3) is 0 Å². The molecule has 2 rings (SSSR count). The highest BCUT2D eigenvalue weighted by Gasteiger charge is 2.14. The highest BCUT2D eigenvalue weighted by molar-refractivity contribution is 5.92. The minimum atomic E-state index is -0.720. The number of nitrogens with zero attached hydrogens (tertiary/aromatic N) is 2. The molecule has 0 aliphatic rings. The molecule has 1 atom stereocenters. The van der Waals surface area contributed by atoms with Gasteiger partial charge in [-0.25, -0.2) is 0 Å². The molecule has 1 aromatic heterocycles. The van der Waals surface area contributed by atoms with Crippen LogP contribution in [0.5, 0.6) is 0 Å². The fourth-order valence-electron chi connectivity index (χ4n) is 2.42. The van der Waals surface area contributed by atoms with Gasteiger partial charge in [0, 0.05) is 19.3 Å². The van der Waals surface area contributed by atoms with Crippen molar-refractivity contribution in [1.29, 1.82) is 0 Å². The molecule has 0 spiro atoms. The topological polar surface area (TPSA) is 67.2 Å². The molecule has 0 fully saturated rings. The summed E-state index contributed by atoms with van der Waals surface area (Å²) >= 11 is 0. The Kier molecular flexibility index (Phi) is 5.93. The SMILES string of the molecule is CCCn1nccc1C(=O)NCC(O)c1ccc(C(C)C)cc1. The lowest BCUT2D eigenvalue weighted by Crippen LogP contribution is -2.30. The highest BCUT2D eigenvalue weighted by atomic mass is 16.3. The Morgan fingerprint density at radius 3 is 2.48 bits per heavy atom. The van der Waals surface area contributed by atoms with Crippen LogP contribution >= 0.6 is 0 Å². The lowest BCUT2D eigenvalue weighted by molar-refractivity contribution is 0.0905. The van der Waals surface area contributed by atoms with Gasteiger partial charge in [-0.05, 0) is 29.5 Å². The molecule has 1 heterocycles. The molecule has 1 aromatic carbocycles. The van der Waals surface area contributed by atoms with E-state index in [1.807, 2.05) is 31.2 Å². The Balaban J connectivity index is 1.94. The van der Waals surface area contributed by atoms with Crippen LogP contribution < -0.4 is 5.32 Å². The average Bonchev–Trinajstić information content (AvgIpc) is 3.01. The second-order valence-electron chi connectivity index (χ2n) is 5.99. The van der Waals surface area contributed by atoms with Gasteiger partial charge in [0.1, 0.15) is 5.69 Å². The number of aliphatic hydroxyl groups is 1. The fourth-order valence-corrected chi connectivity index (χ4v) is 2.42. The van der Waals surface area contributed by atoms with E-state index in [0.29, 0.717) is 18.2 Å². The summed E-state index contributed by atoms with van der Waals surface area (Å²) in [4.78, 5) is 12.2. The van der Waals surface area contributed by atoms with Crippen molar-refractivity contribution in [2.75, 3.05) is 6.54 Å². The Hall–Kier alpha value is -2.14. The first-order valence-electron chi connectivity index (χ1n) is 8.10. The lowest BCUT2D eigenvalue weighted by Gasteiger charge is -2.14. The largest absolute Gasteiger partial charge is 0.387 e. The van der Waals surface area contributed by atoms with Crippen LogP contribution in [0, 0.1) is 0 Å². The van der Waals surface area contributed by atoms with Gasteiger partial charge in [0.2, 0.25) is 0 Å². The van der Waals surface area contributed by atoms with Crippen LogP contribution in [0.15, 0.2) is 36.5 Å². The number of rotatable bonds is 7. The number of amides is 1. The van der Waals surface area contributed by atoms with E-state index in [2.05, 4.69) is 24.3 Å².